The van der Waals surface area contributed by atoms with Crippen LogP contribution in [0.2, 0.25) is 6.32 Å². The van der Waals surface area contributed by atoms with Crippen molar-refractivity contribution in [3.05, 3.63) is 29.8 Å². The summed E-state index contributed by atoms with van der Waals surface area (Å²) in [6, 6.07) is 8.26. The summed E-state index contributed by atoms with van der Waals surface area (Å²) in [6.07, 6.45) is 3.23. The highest BCUT2D eigenvalue weighted by Crippen LogP contribution is 2.50. The maximum absolute atomic E-state index is 5.74. The fraction of sp³-hybridized carbons (Fsp3) is 0.455. The van der Waals surface area contributed by atoms with Crippen LogP contribution in [0.3, 0.4) is 0 Å². The van der Waals surface area contributed by atoms with Gasteiger partial charge in [-0.15, -0.1) is 0 Å². The van der Waals surface area contributed by atoms with E-state index < -0.39 is 0 Å². The molecule has 13 heavy (non-hydrogen) atoms. The molecule has 66 valence electrons. The fourth-order valence-corrected chi connectivity index (χ4v) is 1.71. The average Bonchev–Trinajstić information content (AvgIpc) is 2.99. The van der Waals surface area contributed by atoms with E-state index in [0.29, 0.717) is 5.41 Å². The lowest BCUT2D eigenvalue weighted by Gasteiger charge is -2.13. The Balaban J connectivity index is 2.23. The molecule has 1 aromatic carbocycles. The molecule has 0 saturated heterocycles. The van der Waals surface area contributed by atoms with Gasteiger partial charge in [0, 0.05) is 0 Å². The molecule has 0 N–H and O–H groups in total. The van der Waals surface area contributed by atoms with Crippen molar-refractivity contribution in [2.45, 2.75) is 24.6 Å². The molecule has 0 unspecified atom stereocenters. The number of hydrogen-bond donors (Lipinski definition) is 0. The van der Waals surface area contributed by atoms with Gasteiger partial charge in [0.1, 0.15) is 5.75 Å². The van der Waals surface area contributed by atoms with Crippen molar-refractivity contribution in [1.29, 1.82) is 0 Å². The summed E-state index contributed by atoms with van der Waals surface area (Å²) in [5.41, 5.74) is 1.66. The first kappa shape index (κ1) is 8.67. The van der Waals surface area contributed by atoms with E-state index in [4.69, 9.17) is 12.6 Å². The van der Waals surface area contributed by atoms with Crippen LogP contribution in [0.1, 0.15) is 18.4 Å². The van der Waals surface area contributed by atoms with Gasteiger partial charge in [-0.3, -0.25) is 0 Å². The second-order valence-electron chi connectivity index (χ2n) is 3.71. The van der Waals surface area contributed by atoms with Gasteiger partial charge in [0.15, 0.2) is 0 Å². The molecule has 2 heteroatoms. The van der Waals surface area contributed by atoms with Crippen LogP contribution in [0.15, 0.2) is 24.3 Å². The number of methoxy groups -OCH3 is 1. The van der Waals surface area contributed by atoms with Crippen LogP contribution < -0.4 is 4.74 Å². The predicted molar refractivity (Wildman–Crippen MR) is 54.5 cm³/mol. The standard InChI is InChI=1S/C11H13BO/c1-13-10-4-2-9(3-5-10)11(8-12)6-7-11/h2-5H,6-8H2,1H3. The molecule has 0 aliphatic heterocycles. The van der Waals surface area contributed by atoms with E-state index in [9.17, 15) is 0 Å². The van der Waals surface area contributed by atoms with Gasteiger partial charge < -0.3 is 4.74 Å². The van der Waals surface area contributed by atoms with Crippen LogP contribution in [0, 0.1) is 0 Å². The van der Waals surface area contributed by atoms with Crippen LogP contribution in [-0.2, 0) is 5.41 Å². The monoisotopic (exact) mass is 172 g/mol. The zero-order valence-electron chi connectivity index (χ0n) is 7.92. The van der Waals surface area contributed by atoms with Crippen molar-refractivity contribution in [3.8, 4) is 5.75 Å². The maximum atomic E-state index is 5.74. The Morgan fingerprint density at radius 1 is 1.31 bits per heavy atom. The highest BCUT2D eigenvalue weighted by molar-refractivity contribution is 6.09. The van der Waals surface area contributed by atoms with Gasteiger partial charge in [-0.25, -0.2) is 0 Å². The molecule has 1 aromatic rings. The Kier molecular flexibility index (Phi) is 2.07. The normalized spacial score (nSPS) is 18.2. The first-order chi connectivity index (χ1) is 6.30. The Hall–Kier alpha value is -0.915. The summed E-state index contributed by atoms with van der Waals surface area (Å²) in [6.45, 7) is 0. The molecule has 1 fully saturated rings. The number of benzene rings is 1. The SMILES string of the molecule is [B]CC1(c2ccc(OC)cc2)CC1. The van der Waals surface area contributed by atoms with Gasteiger partial charge in [0.05, 0.1) is 15.0 Å². The van der Waals surface area contributed by atoms with E-state index in [0.717, 1.165) is 12.1 Å². The van der Waals surface area contributed by atoms with Gasteiger partial charge in [-0.05, 0) is 36.0 Å². The molecular formula is C11H13BO. The molecule has 0 amide bonds. The fourth-order valence-electron chi connectivity index (χ4n) is 1.71. The molecular weight excluding hydrogens is 159 g/mol. The van der Waals surface area contributed by atoms with Gasteiger partial charge in [0.25, 0.3) is 0 Å². The molecule has 2 rings (SSSR count). The van der Waals surface area contributed by atoms with Crippen molar-refractivity contribution >= 4 is 7.85 Å². The van der Waals surface area contributed by atoms with Crippen molar-refractivity contribution in [2.75, 3.05) is 7.11 Å². The van der Waals surface area contributed by atoms with Crippen LogP contribution >= 0.6 is 0 Å². The van der Waals surface area contributed by atoms with Crippen molar-refractivity contribution in [3.63, 3.8) is 0 Å². The minimum Gasteiger partial charge on any atom is -0.497 e. The van der Waals surface area contributed by atoms with E-state index >= 15 is 0 Å². The Morgan fingerprint density at radius 2 is 1.92 bits per heavy atom. The van der Waals surface area contributed by atoms with Crippen LogP contribution in [-0.4, -0.2) is 15.0 Å². The molecule has 0 aromatic heterocycles. The molecule has 2 radical (unpaired) electrons. The number of hydrogen-bond acceptors (Lipinski definition) is 1. The third-order valence-corrected chi connectivity index (χ3v) is 2.95. The Bertz CT molecular complexity index is 287. The van der Waals surface area contributed by atoms with Crippen LogP contribution in [0.4, 0.5) is 0 Å². The van der Waals surface area contributed by atoms with Crippen LogP contribution in [0.5, 0.6) is 5.75 Å². The molecule has 1 saturated carbocycles. The smallest absolute Gasteiger partial charge is 0.118 e. The van der Waals surface area contributed by atoms with E-state index in [1.165, 1.54) is 18.4 Å². The number of ether oxygens (including phenoxy) is 1. The van der Waals surface area contributed by atoms with E-state index in [2.05, 4.69) is 12.1 Å². The van der Waals surface area contributed by atoms with Gasteiger partial charge in [-0.1, -0.05) is 18.5 Å². The van der Waals surface area contributed by atoms with Crippen molar-refractivity contribution in [2.24, 2.45) is 0 Å². The summed E-state index contributed by atoms with van der Waals surface area (Å²) in [7, 11) is 7.43. The summed E-state index contributed by atoms with van der Waals surface area (Å²) >= 11 is 0. The quantitative estimate of drug-likeness (QED) is 0.635. The average molecular weight is 172 g/mol. The van der Waals surface area contributed by atoms with E-state index in [1.807, 2.05) is 12.1 Å². The highest BCUT2D eigenvalue weighted by atomic mass is 16.5. The molecule has 0 bridgehead atoms. The lowest BCUT2D eigenvalue weighted by atomic mass is 9.83. The maximum Gasteiger partial charge on any atom is 0.118 e. The van der Waals surface area contributed by atoms with Gasteiger partial charge >= 0.3 is 0 Å². The second kappa shape index (κ2) is 3.10. The molecule has 1 aliphatic carbocycles. The van der Waals surface area contributed by atoms with Gasteiger partial charge in [-0.2, -0.15) is 0 Å². The highest BCUT2D eigenvalue weighted by Gasteiger charge is 2.41. The lowest BCUT2D eigenvalue weighted by molar-refractivity contribution is 0.414. The lowest BCUT2D eigenvalue weighted by Crippen LogP contribution is -2.04. The predicted octanol–water partition coefficient (Wildman–Crippen LogP) is 2.31. The van der Waals surface area contributed by atoms with Crippen LogP contribution in [0.25, 0.3) is 0 Å². The third kappa shape index (κ3) is 1.45. The Labute approximate surface area is 80.5 Å². The largest absolute Gasteiger partial charge is 0.497 e. The first-order valence-corrected chi connectivity index (χ1v) is 4.65. The van der Waals surface area contributed by atoms with E-state index in [-0.39, 0.29) is 0 Å². The summed E-state index contributed by atoms with van der Waals surface area (Å²) in [5, 5.41) is 0. The molecule has 1 aliphatic rings. The van der Waals surface area contributed by atoms with Crippen molar-refractivity contribution < 1.29 is 4.74 Å². The first-order valence-electron chi connectivity index (χ1n) is 4.65. The molecule has 0 atom stereocenters. The molecule has 0 heterocycles. The summed E-state index contributed by atoms with van der Waals surface area (Å²) < 4.78 is 5.10. The Morgan fingerprint density at radius 3 is 2.31 bits per heavy atom. The zero-order valence-corrected chi connectivity index (χ0v) is 7.92. The molecule has 0 spiro atoms. The minimum atomic E-state index is 0.298. The van der Waals surface area contributed by atoms with Gasteiger partial charge in [0.2, 0.25) is 0 Å². The van der Waals surface area contributed by atoms with E-state index in [1.54, 1.807) is 7.11 Å². The minimum absolute atomic E-state index is 0.298. The zero-order chi connectivity index (χ0) is 9.31. The molecule has 1 nitrogen and oxygen atoms in total. The topological polar surface area (TPSA) is 9.23 Å². The van der Waals surface area contributed by atoms with Crippen molar-refractivity contribution in [1.82, 2.24) is 0 Å². The summed E-state index contributed by atoms with van der Waals surface area (Å²) in [4.78, 5) is 0. The second-order valence-corrected chi connectivity index (χ2v) is 3.71. The third-order valence-electron chi connectivity index (χ3n) is 2.95. The summed E-state index contributed by atoms with van der Waals surface area (Å²) in [5.74, 6) is 0.913. The number of rotatable bonds is 3.